The minimum Gasteiger partial charge on any atom is -0.390 e. The average molecular weight is 242 g/mol. The van der Waals surface area contributed by atoms with Crippen LogP contribution in [0.4, 0.5) is 0 Å². The number of fused-ring (bicyclic) bond motifs is 1. The summed E-state index contributed by atoms with van der Waals surface area (Å²) in [6.07, 6.45) is 11.5. The summed E-state index contributed by atoms with van der Waals surface area (Å²) in [5.41, 5.74) is 3.84. The minimum absolute atomic E-state index is 0.112. The van der Waals surface area contributed by atoms with E-state index in [1.54, 1.807) is 0 Å². The van der Waals surface area contributed by atoms with Crippen LogP contribution in [0.5, 0.6) is 0 Å². The van der Waals surface area contributed by atoms with E-state index in [1.165, 1.54) is 23.4 Å². The van der Waals surface area contributed by atoms with Gasteiger partial charge in [-0.15, -0.1) is 0 Å². The summed E-state index contributed by atoms with van der Waals surface area (Å²) < 4.78 is 0. The van der Waals surface area contributed by atoms with Crippen LogP contribution >= 0.6 is 0 Å². The second kappa shape index (κ2) is 4.80. The van der Waals surface area contributed by atoms with Crippen LogP contribution in [0, 0.1) is 0 Å². The van der Waals surface area contributed by atoms with Gasteiger partial charge in [0.1, 0.15) is 6.04 Å². The molecular weight excluding hydrogens is 224 g/mol. The third kappa shape index (κ3) is 1.98. The molecule has 0 amide bonds. The molecule has 18 heavy (non-hydrogen) atoms. The Hall–Kier alpha value is -1.84. The number of hydrogen-bond acceptors (Lipinski definition) is 4. The number of hydrogen-bond donors (Lipinski definition) is 2. The van der Waals surface area contributed by atoms with Crippen LogP contribution in [0.3, 0.4) is 0 Å². The van der Waals surface area contributed by atoms with Crippen molar-refractivity contribution in [2.24, 2.45) is 9.98 Å². The number of allylic oxidation sites excluding steroid dienone is 3. The lowest BCUT2D eigenvalue weighted by Crippen LogP contribution is -2.32. The molecule has 1 saturated carbocycles. The van der Waals surface area contributed by atoms with Crippen molar-refractivity contribution in [3.05, 3.63) is 35.7 Å². The molecule has 0 radical (unpaired) electrons. The molecule has 4 heteroatoms. The lowest BCUT2D eigenvalue weighted by molar-refractivity contribution is 0.838. The third-order valence-electron chi connectivity index (χ3n) is 3.57. The Morgan fingerprint density at radius 3 is 3.06 bits per heavy atom. The summed E-state index contributed by atoms with van der Waals surface area (Å²) in [4.78, 5) is 9.42. The van der Waals surface area contributed by atoms with E-state index in [4.69, 9.17) is 4.99 Å². The monoisotopic (exact) mass is 242 g/mol. The average Bonchev–Trinajstić information content (AvgIpc) is 2.80. The van der Waals surface area contributed by atoms with Gasteiger partial charge in [0.05, 0.1) is 6.54 Å². The lowest BCUT2D eigenvalue weighted by atomic mass is 10.1. The Bertz CT molecular complexity index is 494. The molecule has 1 unspecified atom stereocenters. The smallest absolute Gasteiger partial charge is 0.150 e. The van der Waals surface area contributed by atoms with Crippen molar-refractivity contribution in [1.82, 2.24) is 10.6 Å². The van der Waals surface area contributed by atoms with Gasteiger partial charge in [-0.1, -0.05) is 12.2 Å². The fraction of sp³-hybridized carbons (Fsp3) is 0.429. The van der Waals surface area contributed by atoms with Gasteiger partial charge in [0.25, 0.3) is 0 Å². The van der Waals surface area contributed by atoms with E-state index in [9.17, 15) is 0 Å². The number of nitrogens with zero attached hydrogens (tertiary/aromatic N) is 2. The molecule has 2 aliphatic heterocycles. The van der Waals surface area contributed by atoms with Gasteiger partial charge < -0.3 is 10.6 Å². The zero-order chi connectivity index (χ0) is 12.4. The van der Waals surface area contributed by atoms with Gasteiger partial charge in [-0.3, -0.25) is 4.99 Å². The highest BCUT2D eigenvalue weighted by Gasteiger charge is 2.24. The molecule has 1 aliphatic carbocycles. The van der Waals surface area contributed by atoms with Crippen LogP contribution in [-0.2, 0) is 0 Å². The van der Waals surface area contributed by atoms with E-state index in [2.05, 4.69) is 21.7 Å². The van der Waals surface area contributed by atoms with Gasteiger partial charge in [-0.25, -0.2) is 4.99 Å². The first-order valence-electron chi connectivity index (χ1n) is 6.50. The first-order valence-corrected chi connectivity index (χ1v) is 6.50. The van der Waals surface area contributed by atoms with Crippen molar-refractivity contribution in [3.8, 4) is 0 Å². The number of amidine groups is 1. The Labute approximate surface area is 107 Å². The van der Waals surface area contributed by atoms with Crippen LogP contribution in [0.15, 0.2) is 45.7 Å². The molecule has 0 saturated heterocycles. The van der Waals surface area contributed by atoms with Gasteiger partial charge >= 0.3 is 0 Å². The summed E-state index contributed by atoms with van der Waals surface area (Å²) in [6.45, 7) is 0.712. The fourth-order valence-corrected chi connectivity index (χ4v) is 2.61. The second-order valence-electron chi connectivity index (χ2n) is 4.68. The maximum Gasteiger partial charge on any atom is 0.150 e. The van der Waals surface area contributed by atoms with Gasteiger partial charge in [0, 0.05) is 18.5 Å². The topological polar surface area (TPSA) is 48.8 Å². The molecule has 0 aromatic rings. The number of rotatable bonds is 2. The maximum atomic E-state index is 4.78. The number of likely N-dealkylation sites (N-methyl/N-ethyl adjacent to an activating group) is 1. The van der Waals surface area contributed by atoms with E-state index in [1.807, 2.05) is 25.4 Å². The highest BCUT2D eigenvalue weighted by molar-refractivity contribution is 6.11. The van der Waals surface area contributed by atoms with E-state index in [0.717, 1.165) is 18.7 Å². The van der Waals surface area contributed by atoms with Crippen LogP contribution < -0.4 is 10.6 Å². The molecule has 2 heterocycles. The van der Waals surface area contributed by atoms with Gasteiger partial charge in [-0.05, 0) is 37.1 Å². The van der Waals surface area contributed by atoms with Crippen molar-refractivity contribution in [2.75, 3.05) is 13.6 Å². The first-order chi connectivity index (χ1) is 8.88. The summed E-state index contributed by atoms with van der Waals surface area (Å²) in [5, 5.41) is 6.56. The van der Waals surface area contributed by atoms with Crippen molar-refractivity contribution in [2.45, 2.75) is 25.3 Å². The van der Waals surface area contributed by atoms with Gasteiger partial charge in [-0.2, -0.15) is 0 Å². The van der Waals surface area contributed by atoms with Crippen molar-refractivity contribution in [3.63, 3.8) is 0 Å². The zero-order valence-corrected chi connectivity index (χ0v) is 10.6. The zero-order valence-electron chi connectivity index (χ0n) is 10.6. The van der Waals surface area contributed by atoms with Crippen LogP contribution in [0.25, 0.3) is 0 Å². The second-order valence-corrected chi connectivity index (χ2v) is 4.68. The Morgan fingerprint density at radius 2 is 2.28 bits per heavy atom. The Kier molecular flexibility index (Phi) is 3.00. The molecule has 1 atom stereocenters. The SMILES string of the molecule is CNC1=C2CCCC2=NC(C2C=CC=CN2)=NC1. The normalized spacial score (nSPS) is 26.2. The summed E-state index contributed by atoms with van der Waals surface area (Å²) in [7, 11) is 1.97. The lowest BCUT2D eigenvalue weighted by Gasteiger charge is -2.15. The number of aliphatic imine (C=N–C) groups is 2. The largest absolute Gasteiger partial charge is 0.390 e. The predicted molar refractivity (Wildman–Crippen MR) is 74.9 cm³/mol. The molecule has 0 spiro atoms. The summed E-state index contributed by atoms with van der Waals surface area (Å²) in [6, 6.07) is 0.112. The van der Waals surface area contributed by atoms with Crippen molar-refractivity contribution in [1.29, 1.82) is 0 Å². The van der Waals surface area contributed by atoms with Crippen LogP contribution in [0.2, 0.25) is 0 Å². The van der Waals surface area contributed by atoms with E-state index in [-0.39, 0.29) is 6.04 Å². The van der Waals surface area contributed by atoms with Crippen LogP contribution in [-0.4, -0.2) is 31.2 Å². The molecule has 0 bridgehead atoms. The van der Waals surface area contributed by atoms with E-state index >= 15 is 0 Å². The minimum atomic E-state index is 0.112. The van der Waals surface area contributed by atoms with Gasteiger partial charge in [0.15, 0.2) is 5.84 Å². The first kappa shape index (κ1) is 11.3. The molecule has 3 aliphatic rings. The van der Waals surface area contributed by atoms with Crippen molar-refractivity contribution < 1.29 is 0 Å². The van der Waals surface area contributed by atoms with Crippen molar-refractivity contribution >= 4 is 11.5 Å². The number of dihydropyridines is 1. The fourth-order valence-electron chi connectivity index (χ4n) is 2.61. The highest BCUT2D eigenvalue weighted by atomic mass is 15.0. The number of nitrogens with one attached hydrogen (secondary N) is 2. The quantitative estimate of drug-likeness (QED) is 0.771. The maximum absolute atomic E-state index is 4.78. The molecule has 0 aromatic heterocycles. The highest BCUT2D eigenvalue weighted by Crippen LogP contribution is 2.26. The Morgan fingerprint density at radius 1 is 1.33 bits per heavy atom. The predicted octanol–water partition coefficient (Wildman–Crippen LogP) is 1.54. The summed E-state index contributed by atoms with van der Waals surface area (Å²) in [5.74, 6) is 0.898. The summed E-state index contributed by atoms with van der Waals surface area (Å²) >= 11 is 0. The van der Waals surface area contributed by atoms with E-state index in [0.29, 0.717) is 6.54 Å². The third-order valence-corrected chi connectivity index (χ3v) is 3.57. The molecule has 1 fully saturated rings. The molecule has 94 valence electrons. The molecule has 2 N–H and O–H groups in total. The molecular formula is C14H18N4. The Balaban J connectivity index is 1.91. The van der Waals surface area contributed by atoms with Crippen LogP contribution in [0.1, 0.15) is 19.3 Å². The van der Waals surface area contributed by atoms with Gasteiger partial charge in [0.2, 0.25) is 0 Å². The van der Waals surface area contributed by atoms with E-state index < -0.39 is 0 Å². The molecule has 3 rings (SSSR count). The standard InChI is InChI=1S/C14H18N4/c1-15-13-9-17-14(12-6-2-3-8-16-12)18-11-7-4-5-10(11)13/h2-3,6,8,12,15-16H,4-5,7,9H2,1H3. The molecule has 4 nitrogen and oxygen atoms in total. The molecule has 0 aromatic carbocycles.